The van der Waals surface area contributed by atoms with Crippen LogP contribution in [-0.2, 0) is 4.74 Å². The molecule has 0 aromatic carbocycles. The second-order valence-corrected chi connectivity index (χ2v) is 4.66. The van der Waals surface area contributed by atoms with E-state index in [4.69, 9.17) is 10.00 Å². The van der Waals surface area contributed by atoms with Crippen molar-refractivity contribution in [1.29, 1.82) is 5.26 Å². The molecule has 1 unspecified atom stereocenters. The number of hydrogen-bond acceptors (Lipinski definition) is 3. The van der Waals surface area contributed by atoms with Crippen LogP contribution < -0.4 is 5.32 Å². The summed E-state index contributed by atoms with van der Waals surface area (Å²) in [5.74, 6) is 0.905. The minimum atomic E-state index is -0.514. The van der Waals surface area contributed by atoms with Crippen molar-refractivity contribution in [3.05, 3.63) is 0 Å². The summed E-state index contributed by atoms with van der Waals surface area (Å²) in [6.45, 7) is 6.17. The second-order valence-electron chi connectivity index (χ2n) is 4.66. The van der Waals surface area contributed by atoms with Gasteiger partial charge >= 0.3 is 0 Å². The Bertz CT molecular complexity index is 220. The van der Waals surface area contributed by atoms with Gasteiger partial charge in [-0.2, -0.15) is 5.26 Å². The van der Waals surface area contributed by atoms with Gasteiger partial charge in [-0.1, -0.05) is 19.8 Å². The number of nitriles is 1. The highest BCUT2D eigenvalue weighted by atomic mass is 16.5. The Balaban J connectivity index is 2.10. The van der Waals surface area contributed by atoms with E-state index in [-0.39, 0.29) is 0 Å². The molecule has 0 heterocycles. The number of nitrogens with one attached hydrogen (secondary N) is 1. The molecule has 1 aliphatic rings. The lowest BCUT2D eigenvalue weighted by Gasteiger charge is -2.22. The van der Waals surface area contributed by atoms with Gasteiger partial charge < -0.3 is 4.74 Å². The summed E-state index contributed by atoms with van der Waals surface area (Å²) in [6, 6.07) is 2.28. The molecule has 1 rings (SSSR count). The topological polar surface area (TPSA) is 45.0 Å². The van der Waals surface area contributed by atoms with E-state index in [9.17, 15) is 0 Å². The maximum Gasteiger partial charge on any atom is 0.127 e. The SMILES string of the molecule is CCCNC(C)(C#N)COCCC1CC1. The molecule has 1 aliphatic carbocycles. The van der Waals surface area contributed by atoms with Gasteiger partial charge in [0.15, 0.2) is 0 Å². The monoisotopic (exact) mass is 210 g/mol. The zero-order chi connectivity index (χ0) is 11.1. The van der Waals surface area contributed by atoms with Crippen LogP contribution in [-0.4, -0.2) is 25.3 Å². The molecular formula is C12H22N2O. The minimum absolute atomic E-state index is 0.496. The van der Waals surface area contributed by atoms with E-state index in [1.54, 1.807) is 0 Å². The Hall–Kier alpha value is -0.590. The number of nitrogens with zero attached hydrogens (tertiary/aromatic N) is 1. The zero-order valence-corrected chi connectivity index (χ0v) is 9.88. The third-order valence-corrected chi connectivity index (χ3v) is 2.77. The standard InChI is InChI=1S/C12H22N2O/c1-3-7-14-12(2,9-13)10-15-8-6-11-4-5-11/h11,14H,3-8,10H2,1-2H3. The van der Waals surface area contributed by atoms with Crippen LogP contribution in [0.2, 0.25) is 0 Å². The lowest BCUT2D eigenvalue weighted by atomic mass is 10.1. The molecule has 0 aliphatic heterocycles. The van der Waals surface area contributed by atoms with E-state index in [1.165, 1.54) is 12.8 Å². The van der Waals surface area contributed by atoms with E-state index in [2.05, 4.69) is 18.3 Å². The van der Waals surface area contributed by atoms with Crippen LogP contribution in [0.5, 0.6) is 0 Å². The number of hydrogen-bond donors (Lipinski definition) is 1. The van der Waals surface area contributed by atoms with E-state index in [0.29, 0.717) is 6.61 Å². The van der Waals surface area contributed by atoms with Crippen LogP contribution in [0, 0.1) is 17.2 Å². The van der Waals surface area contributed by atoms with Crippen molar-refractivity contribution in [3.63, 3.8) is 0 Å². The lowest BCUT2D eigenvalue weighted by molar-refractivity contribution is 0.0910. The first-order valence-electron chi connectivity index (χ1n) is 5.94. The summed E-state index contributed by atoms with van der Waals surface area (Å²) in [5.41, 5.74) is -0.514. The van der Waals surface area contributed by atoms with Crippen molar-refractivity contribution >= 4 is 0 Å². The quantitative estimate of drug-likeness (QED) is 0.624. The van der Waals surface area contributed by atoms with Gasteiger partial charge in [-0.3, -0.25) is 5.32 Å². The summed E-state index contributed by atoms with van der Waals surface area (Å²) in [7, 11) is 0. The Kier molecular flexibility index (Phi) is 5.07. The molecule has 1 fully saturated rings. The van der Waals surface area contributed by atoms with Gasteiger partial charge in [0.2, 0.25) is 0 Å². The van der Waals surface area contributed by atoms with Crippen molar-refractivity contribution < 1.29 is 4.74 Å². The van der Waals surface area contributed by atoms with Gasteiger partial charge in [0, 0.05) is 6.61 Å². The summed E-state index contributed by atoms with van der Waals surface area (Å²) in [4.78, 5) is 0. The molecule has 0 amide bonds. The summed E-state index contributed by atoms with van der Waals surface area (Å²) >= 11 is 0. The first-order chi connectivity index (χ1) is 7.20. The van der Waals surface area contributed by atoms with Crippen molar-refractivity contribution in [2.75, 3.05) is 19.8 Å². The summed E-state index contributed by atoms with van der Waals surface area (Å²) < 4.78 is 5.55. The van der Waals surface area contributed by atoms with Gasteiger partial charge in [-0.05, 0) is 32.2 Å². The fourth-order valence-electron chi connectivity index (χ4n) is 1.46. The third kappa shape index (κ3) is 5.15. The molecule has 3 heteroatoms. The smallest absolute Gasteiger partial charge is 0.127 e. The molecule has 0 spiro atoms. The van der Waals surface area contributed by atoms with Crippen molar-refractivity contribution in [2.45, 2.75) is 45.1 Å². The van der Waals surface area contributed by atoms with Crippen LogP contribution >= 0.6 is 0 Å². The van der Waals surface area contributed by atoms with Gasteiger partial charge in [0.05, 0.1) is 12.7 Å². The highest BCUT2D eigenvalue weighted by Crippen LogP contribution is 2.32. The van der Waals surface area contributed by atoms with Crippen molar-refractivity contribution in [3.8, 4) is 6.07 Å². The van der Waals surface area contributed by atoms with Crippen LogP contribution in [0.1, 0.15) is 39.5 Å². The molecule has 1 atom stereocenters. The molecule has 0 radical (unpaired) electrons. The fourth-order valence-corrected chi connectivity index (χ4v) is 1.46. The van der Waals surface area contributed by atoms with Crippen LogP contribution in [0.4, 0.5) is 0 Å². The maximum atomic E-state index is 9.04. The number of ether oxygens (including phenoxy) is 1. The Morgan fingerprint density at radius 2 is 2.27 bits per heavy atom. The molecule has 0 aromatic rings. The molecule has 15 heavy (non-hydrogen) atoms. The maximum absolute atomic E-state index is 9.04. The van der Waals surface area contributed by atoms with Crippen LogP contribution in [0.15, 0.2) is 0 Å². The average molecular weight is 210 g/mol. The van der Waals surface area contributed by atoms with E-state index in [1.807, 2.05) is 6.92 Å². The van der Waals surface area contributed by atoms with Crippen LogP contribution in [0.3, 0.4) is 0 Å². The van der Waals surface area contributed by atoms with E-state index < -0.39 is 5.54 Å². The Morgan fingerprint density at radius 3 is 2.80 bits per heavy atom. The van der Waals surface area contributed by atoms with Crippen molar-refractivity contribution in [2.24, 2.45) is 5.92 Å². The van der Waals surface area contributed by atoms with Gasteiger partial charge in [-0.15, -0.1) is 0 Å². The van der Waals surface area contributed by atoms with Crippen molar-refractivity contribution in [1.82, 2.24) is 5.32 Å². The zero-order valence-electron chi connectivity index (χ0n) is 9.88. The van der Waals surface area contributed by atoms with Gasteiger partial charge in [-0.25, -0.2) is 0 Å². The van der Waals surface area contributed by atoms with E-state index >= 15 is 0 Å². The first kappa shape index (κ1) is 12.5. The summed E-state index contributed by atoms with van der Waals surface area (Å²) in [6.07, 6.45) is 4.94. The average Bonchev–Trinajstić information content (AvgIpc) is 3.05. The second kappa shape index (κ2) is 6.09. The normalized spacial score (nSPS) is 19.5. The molecule has 86 valence electrons. The highest BCUT2D eigenvalue weighted by Gasteiger charge is 2.24. The Labute approximate surface area is 92.8 Å². The predicted molar refractivity (Wildman–Crippen MR) is 60.5 cm³/mol. The summed E-state index contributed by atoms with van der Waals surface area (Å²) in [5, 5.41) is 12.3. The minimum Gasteiger partial charge on any atom is -0.378 e. The molecule has 1 saturated carbocycles. The fraction of sp³-hybridized carbons (Fsp3) is 0.917. The highest BCUT2D eigenvalue weighted by molar-refractivity contribution is 5.03. The largest absolute Gasteiger partial charge is 0.378 e. The Morgan fingerprint density at radius 1 is 1.53 bits per heavy atom. The molecule has 3 nitrogen and oxygen atoms in total. The third-order valence-electron chi connectivity index (χ3n) is 2.77. The number of rotatable bonds is 8. The van der Waals surface area contributed by atoms with E-state index in [0.717, 1.165) is 31.9 Å². The molecule has 0 saturated heterocycles. The molecular weight excluding hydrogens is 188 g/mol. The molecule has 1 N–H and O–H groups in total. The molecule has 0 aromatic heterocycles. The van der Waals surface area contributed by atoms with Gasteiger partial charge in [0.1, 0.15) is 5.54 Å². The first-order valence-corrected chi connectivity index (χ1v) is 5.94. The predicted octanol–water partition coefficient (Wildman–Crippen LogP) is 2.08. The molecule has 0 bridgehead atoms. The lowest BCUT2D eigenvalue weighted by Crippen LogP contribution is -2.45. The van der Waals surface area contributed by atoms with Gasteiger partial charge in [0.25, 0.3) is 0 Å². The van der Waals surface area contributed by atoms with Crippen LogP contribution in [0.25, 0.3) is 0 Å².